The van der Waals surface area contributed by atoms with E-state index in [1.807, 2.05) is 18.2 Å². The third-order valence-electron chi connectivity index (χ3n) is 1.94. The molecule has 1 aromatic carbocycles. The molecule has 1 aromatic rings. The van der Waals surface area contributed by atoms with Crippen molar-refractivity contribution in [1.82, 2.24) is 0 Å². The third-order valence-corrected chi connectivity index (χ3v) is 2.61. The van der Waals surface area contributed by atoms with E-state index < -0.39 is 5.97 Å². The smallest absolute Gasteiger partial charge is 0.303 e. The van der Waals surface area contributed by atoms with Crippen molar-refractivity contribution in [2.45, 2.75) is 19.3 Å². The largest absolute Gasteiger partial charge is 0.481 e. The van der Waals surface area contributed by atoms with Crippen molar-refractivity contribution in [1.29, 1.82) is 0 Å². The van der Waals surface area contributed by atoms with Crippen molar-refractivity contribution in [2.75, 3.05) is 0 Å². The van der Waals surface area contributed by atoms with Crippen molar-refractivity contribution in [3.8, 4) is 0 Å². The van der Waals surface area contributed by atoms with Gasteiger partial charge in [0.15, 0.2) is 5.78 Å². The summed E-state index contributed by atoms with van der Waals surface area (Å²) in [4.78, 5) is 21.8. The average Bonchev–Trinajstić information content (AvgIpc) is 2.17. The van der Waals surface area contributed by atoms with Gasteiger partial charge in [-0.05, 0) is 41.1 Å². The van der Waals surface area contributed by atoms with E-state index in [0.717, 1.165) is 3.57 Å². The fraction of sp³-hybridized carbons (Fsp3) is 0.273. The lowest BCUT2D eigenvalue weighted by Gasteiger charge is -2.00. The molecular weight excluding hydrogens is 307 g/mol. The van der Waals surface area contributed by atoms with Gasteiger partial charge >= 0.3 is 5.97 Å². The van der Waals surface area contributed by atoms with Crippen LogP contribution in [0.25, 0.3) is 0 Å². The minimum atomic E-state index is -0.856. The Hall–Kier alpha value is -0.910. The highest BCUT2D eigenvalue weighted by Gasteiger charge is 2.06. The predicted octanol–water partition coefficient (Wildman–Crippen LogP) is 2.73. The Bertz CT molecular complexity index is 374. The summed E-state index contributed by atoms with van der Waals surface area (Å²) >= 11 is 2.14. The van der Waals surface area contributed by atoms with Crippen LogP contribution in [-0.4, -0.2) is 16.9 Å². The van der Waals surface area contributed by atoms with Crippen LogP contribution in [0, 0.1) is 3.57 Å². The Morgan fingerprint density at radius 2 is 2.00 bits per heavy atom. The van der Waals surface area contributed by atoms with Crippen LogP contribution in [-0.2, 0) is 4.79 Å². The zero-order valence-electron chi connectivity index (χ0n) is 8.07. The summed E-state index contributed by atoms with van der Waals surface area (Å²) in [7, 11) is 0. The predicted molar refractivity (Wildman–Crippen MR) is 65.0 cm³/mol. The number of hydrogen-bond donors (Lipinski definition) is 1. The standard InChI is InChI=1S/C11H11IO3/c12-9-4-1-3-8(7-9)10(13)5-2-6-11(14)15/h1,3-4,7H,2,5-6H2,(H,14,15). The monoisotopic (exact) mass is 318 g/mol. The molecular formula is C11H11IO3. The molecule has 0 aliphatic carbocycles. The third kappa shape index (κ3) is 4.42. The number of rotatable bonds is 5. The van der Waals surface area contributed by atoms with E-state index in [1.165, 1.54) is 0 Å². The van der Waals surface area contributed by atoms with Crippen molar-refractivity contribution >= 4 is 34.3 Å². The number of hydrogen-bond acceptors (Lipinski definition) is 2. The van der Waals surface area contributed by atoms with Crippen molar-refractivity contribution in [2.24, 2.45) is 0 Å². The van der Waals surface area contributed by atoms with Crippen LogP contribution in [0.3, 0.4) is 0 Å². The molecule has 1 N–H and O–H groups in total. The molecule has 4 heteroatoms. The Labute approximate surface area is 102 Å². The molecule has 0 fully saturated rings. The van der Waals surface area contributed by atoms with Crippen LogP contribution >= 0.6 is 22.6 Å². The minimum absolute atomic E-state index is 0.00904. The van der Waals surface area contributed by atoms with Crippen molar-refractivity contribution in [3.63, 3.8) is 0 Å². The number of carboxylic acids is 1. The van der Waals surface area contributed by atoms with E-state index in [1.54, 1.807) is 6.07 Å². The van der Waals surface area contributed by atoms with Gasteiger partial charge in [0.05, 0.1) is 0 Å². The fourth-order valence-corrected chi connectivity index (χ4v) is 1.75. The van der Waals surface area contributed by atoms with E-state index in [2.05, 4.69) is 22.6 Å². The lowest BCUT2D eigenvalue weighted by molar-refractivity contribution is -0.137. The highest BCUT2D eigenvalue weighted by molar-refractivity contribution is 14.1. The Balaban J connectivity index is 2.50. The molecule has 0 spiro atoms. The summed E-state index contributed by atoms with van der Waals surface area (Å²) in [6, 6.07) is 7.30. The number of carbonyl (C=O) groups excluding carboxylic acids is 1. The molecule has 80 valence electrons. The van der Waals surface area contributed by atoms with Gasteiger partial charge in [0.25, 0.3) is 0 Å². The maximum Gasteiger partial charge on any atom is 0.303 e. The molecule has 0 aromatic heterocycles. The molecule has 0 bridgehead atoms. The summed E-state index contributed by atoms with van der Waals surface area (Å²) < 4.78 is 1.01. The van der Waals surface area contributed by atoms with Crippen LogP contribution in [0.1, 0.15) is 29.6 Å². The summed E-state index contributed by atoms with van der Waals surface area (Å²) in [5.74, 6) is -0.847. The van der Waals surface area contributed by atoms with Gasteiger partial charge in [-0.1, -0.05) is 12.1 Å². The minimum Gasteiger partial charge on any atom is -0.481 e. The summed E-state index contributed by atoms with van der Waals surface area (Å²) in [5.41, 5.74) is 0.660. The quantitative estimate of drug-likeness (QED) is 0.671. The second kappa shape index (κ2) is 5.85. The first-order valence-electron chi connectivity index (χ1n) is 4.60. The molecule has 1 rings (SSSR count). The number of carbonyl (C=O) groups is 2. The molecule has 0 radical (unpaired) electrons. The van der Waals surface area contributed by atoms with E-state index in [4.69, 9.17) is 5.11 Å². The molecule has 0 saturated carbocycles. The van der Waals surface area contributed by atoms with Gasteiger partial charge in [-0.15, -0.1) is 0 Å². The molecule has 0 aliphatic rings. The lowest BCUT2D eigenvalue weighted by Crippen LogP contribution is -2.01. The lowest BCUT2D eigenvalue weighted by atomic mass is 10.1. The molecule has 0 unspecified atom stereocenters. The summed E-state index contributed by atoms with van der Waals surface area (Å²) in [6.45, 7) is 0. The van der Waals surface area contributed by atoms with Crippen molar-refractivity contribution < 1.29 is 14.7 Å². The zero-order chi connectivity index (χ0) is 11.3. The topological polar surface area (TPSA) is 54.4 Å². The second-order valence-electron chi connectivity index (χ2n) is 3.18. The van der Waals surface area contributed by atoms with Crippen molar-refractivity contribution in [3.05, 3.63) is 33.4 Å². The van der Waals surface area contributed by atoms with Gasteiger partial charge in [-0.2, -0.15) is 0 Å². The molecule has 0 saturated heterocycles. The number of ketones is 1. The van der Waals surface area contributed by atoms with E-state index in [9.17, 15) is 9.59 Å². The van der Waals surface area contributed by atoms with Gasteiger partial charge < -0.3 is 5.11 Å². The zero-order valence-corrected chi connectivity index (χ0v) is 10.2. The summed E-state index contributed by atoms with van der Waals surface area (Å²) in [6.07, 6.45) is 0.752. The van der Waals surface area contributed by atoms with Gasteiger partial charge in [-0.3, -0.25) is 9.59 Å². The number of benzene rings is 1. The van der Waals surface area contributed by atoms with Crippen LogP contribution in [0.4, 0.5) is 0 Å². The number of Topliss-reactive ketones (excluding diaryl/α,β-unsaturated/α-hetero) is 1. The van der Waals surface area contributed by atoms with Gasteiger partial charge in [-0.25, -0.2) is 0 Å². The molecule has 15 heavy (non-hydrogen) atoms. The van der Waals surface area contributed by atoms with Gasteiger partial charge in [0.1, 0.15) is 0 Å². The number of carboxylic acid groups (broad SMARTS) is 1. The van der Waals surface area contributed by atoms with E-state index in [0.29, 0.717) is 18.4 Å². The highest BCUT2D eigenvalue weighted by Crippen LogP contribution is 2.11. The van der Waals surface area contributed by atoms with Crippen LogP contribution in [0.5, 0.6) is 0 Å². The molecule has 3 nitrogen and oxygen atoms in total. The summed E-state index contributed by atoms with van der Waals surface area (Å²) in [5, 5.41) is 8.43. The van der Waals surface area contributed by atoms with Gasteiger partial charge in [0, 0.05) is 22.0 Å². The fourth-order valence-electron chi connectivity index (χ4n) is 1.21. The Morgan fingerprint density at radius 3 is 2.60 bits per heavy atom. The molecule has 0 atom stereocenters. The molecule has 0 aliphatic heterocycles. The first-order chi connectivity index (χ1) is 7.09. The van der Waals surface area contributed by atoms with E-state index >= 15 is 0 Å². The van der Waals surface area contributed by atoms with Crippen LogP contribution in [0.15, 0.2) is 24.3 Å². The maximum absolute atomic E-state index is 11.6. The second-order valence-corrected chi connectivity index (χ2v) is 4.43. The average molecular weight is 318 g/mol. The SMILES string of the molecule is O=C(O)CCCC(=O)c1cccc(I)c1. The first kappa shape index (κ1) is 12.2. The van der Waals surface area contributed by atoms with Crippen LogP contribution in [0.2, 0.25) is 0 Å². The van der Waals surface area contributed by atoms with E-state index in [-0.39, 0.29) is 12.2 Å². The Kier molecular flexibility index (Phi) is 4.74. The number of aliphatic carboxylic acids is 1. The molecule has 0 heterocycles. The van der Waals surface area contributed by atoms with Crippen LogP contribution < -0.4 is 0 Å². The normalized spacial score (nSPS) is 9.93. The molecule has 0 amide bonds. The highest BCUT2D eigenvalue weighted by atomic mass is 127. The maximum atomic E-state index is 11.6. The Morgan fingerprint density at radius 1 is 1.27 bits per heavy atom. The number of halogens is 1. The van der Waals surface area contributed by atoms with Gasteiger partial charge in [0.2, 0.25) is 0 Å². The first-order valence-corrected chi connectivity index (χ1v) is 5.68.